The molecule has 0 fully saturated rings. The Labute approximate surface area is 75.1 Å². The van der Waals surface area contributed by atoms with E-state index in [2.05, 4.69) is 4.98 Å². The van der Waals surface area contributed by atoms with E-state index in [0.29, 0.717) is 12.4 Å². The number of hydrogen-bond donors (Lipinski definition) is 1. The van der Waals surface area contributed by atoms with Gasteiger partial charge in [-0.15, -0.1) is 0 Å². The van der Waals surface area contributed by atoms with E-state index in [1.165, 1.54) is 11.0 Å². The van der Waals surface area contributed by atoms with E-state index in [1.807, 2.05) is 0 Å². The molecule has 0 aromatic carbocycles. The number of carbonyl (C=O) groups is 1. The minimum absolute atomic E-state index is 0.203. The van der Waals surface area contributed by atoms with Gasteiger partial charge in [0.2, 0.25) is 0 Å². The second kappa shape index (κ2) is 2.90. The van der Waals surface area contributed by atoms with Crippen molar-refractivity contribution in [2.75, 3.05) is 11.4 Å². The monoisotopic (exact) mass is 176 g/mol. The Morgan fingerprint density at radius 3 is 2.85 bits per heavy atom. The average Bonchev–Trinajstić information content (AvgIpc) is 2.49. The van der Waals surface area contributed by atoms with Gasteiger partial charge in [0, 0.05) is 12.7 Å². The number of carbonyl (C=O) groups excluding carboxylic acids is 1. The Morgan fingerprint density at radius 1 is 1.46 bits per heavy atom. The van der Waals surface area contributed by atoms with Gasteiger partial charge in [-0.05, 0) is 18.2 Å². The van der Waals surface area contributed by atoms with Crippen molar-refractivity contribution < 1.29 is 9.90 Å². The summed E-state index contributed by atoms with van der Waals surface area (Å²) in [7, 11) is 0. The van der Waals surface area contributed by atoms with Crippen LogP contribution in [0.1, 0.15) is 0 Å². The first-order chi connectivity index (χ1) is 6.29. The van der Waals surface area contributed by atoms with Crippen LogP contribution in [0.15, 0.2) is 36.2 Å². The normalized spacial score (nSPS) is 16.2. The van der Waals surface area contributed by atoms with Crippen LogP contribution in [0.5, 0.6) is 0 Å². The van der Waals surface area contributed by atoms with E-state index in [1.54, 1.807) is 24.4 Å². The first kappa shape index (κ1) is 7.79. The van der Waals surface area contributed by atoms with Crippen molar-refractivity contribution in [1.29, 1.82) is 0 Å². The van der Waals surface area contributed by atoms with E-state index >= 15 is 0 Å². The van der Waals surface area contributed by atoms with Crippen LogP contribution in [0.25, 0.3) is 0 Å². The minimum atomic E-state index is -0.390. The quantitative estimate of drug-likeness (QED) is 0.690. The molecule has 0 saturated heterocycles. The van der Waals surface area contributed by atoms with Crippen molar-refractivity contribution in [3.05, 3.63) is 36.2 Å². The van der Waals surface area contributed by atoms with Crippen LogP contribution in [0.4, 0.5) is 5.82 Å². The molecular weight excluding hydrogens is 168 g/mol. The fourth-order valence-corrected chi connectivity index (χ4v) is 1.20. The molecule has 1 aromatic heterocycles. The molecule has 1 aliphatic heterocycles. The Morgan fingerprint density at radius 2 is 2.31 bits per heavy atom. The number of nitrogens with zero attached hydrogens (tertiary/aromatic N) is 2. The highest BCUT2D eigenvalue weighted by atomic mass is 16.3. The van der Waals surface area contributed by atoms with Gasteiger partial charge in [0.15, 0.2) is 5.76 Å². The average molecular weight is 176 g/mol. The van der Waals surface area contributed by atoms with Gasteiger partial charge >= 0.3 is 0 Å². The van der Waals surface area contributed by atoms with Gasteiger partial charge in [-0.25, -0.2) is 4.98 Å². The number of pyridine rings is 1. The number of aliphatic hydroxyl groups is 1. The van der Waals surface area contributed by atoms with E-state index in [0.717, 1.165) is 0 Å². The number of amides is 1. The Bertz CT molecular complexity index is 359. The predicted molar refractivity (Wildman–Crippen MR) is 47.3 cm³/mol. The molecule has 0 saturated carbocycles. The Balaban J connectivity index is 2.27. The molecule has 0 radical (unpaired) electrons. The van der Waals surface area contributed by atoms with Crippen LogP contribution in [-0.2, 0) is 4.79 Å². The van der Waals surface area contributed by atoms with Crippen LogP contribution in [-0.4, -0.2) is 22.5 Å². The molecule has 4 heteroatoms. The molecule has 13 heavy (non-hydrogen) atoms. The van der Waals surface area contributed by atoms with Crippen LogP contribution in [0.3, 0.4) is 0 Å². The fraction of sp³-hybridized carbons (Fsp3) is 0.111. The molecule has 66 valence electrons. The number of aliphatic hydroxyl groups excluding tert-OH is 1. The fourth-order valence-electron chi connectivity index (χ4n) is 1.20. The lowest BCUT2D eigenvalue weighted by Gasteiger charge is -2.13. The molecule has 1 aliphatic rings. The van der Waals surface area contributed by atoms with Crippen molar-refractivity contribution in [1.82, 2.24) is 4.98 Å². The van der Waals surface area contributed by atoms with Crippen molar-refractivity contribution in [3.63, 3.8) is 0 Å². The molecule has 2 heterocycles. The predicted octanol–water partition coefficient (Wildman–Crippen LogP) is 0.870. The van der Waals surface area contributed by atoms with Gasteiger partial charge in [-0.3, -0.25) is 9.69 Å². The summed E-state index contributed by atoms with van der Waals surface area (Å²) in [6.45, 7) is 0.391. The Kier molecular flexibility index (Phi) is 1.73. The first-order valence-electron chi connectivity index (χ1n) is 3.91. The summed E-state index contributed by atoms with van der Waals surface area (Å²) in [4.78, 5) is 16.7. The molecule has 0 aliphatic carbocycles. The second-order valence-electron chi connectivity index (χ2n) is 2.69. The van der Waals surface area contributed by atoms with Gasteiger partial charge in [0.05, 0.1) is 0 Å². The SMILES string of the molecule is O=C1C(O)=CCN1c1ccccn1. The smallest absolute Gasteiger partial charge is 0.294 e. The minimum Gasteiger partial charge on any atom is -0.503 e. The zero-order chi connectivity index (χ0) is 9.26. The van der Waals surface area contributed by atoms with Crippen LogP contribution < -0.4 is 4.90 Å². The first-order valence-corrected chi connectivity index (χ1v) is 3.91. The summed E-state index contributed by atoms with van der Waals surface area (Å²) in [5, 5.41) is 9.07. The molecular formula is C9H8N2O2. The summed E-state index contributed by atoms with van der Waals surface area (Å²) in [5.74, 6) is -0.0304. The summed E-state index contributed by atoms with van der Waals surface area (Å²) in [6.07, 6.45) is 3.08. The lowest BCUT2D eigenvalue weighted by Crippen LogP contribution is -2.27. The van der Waals surface area contributed by atoms with Gasteiger partial charge in [-0.2, -0.15) is 0 Å². The van der Waals surface area contributed by atoms with Crippen LogP contribution in [0, 0.1) is 0 Å². The van der Waals surface area contributed by atoms with E-state index in [4.69, 9.17) is 5.11 Å². The van der Waals surface area contributed by atoms with E-state index in [9.17, 15) is 4.79 Å². The second-order valence-corrected chi connectivity index (χ2v) is 2.69. The summed E-state index contributed by atoms with van der Waals surface area (Å²) in [5.41, 5.74) is 0. The van der Waals surface area contributed by atoms with Crippen molar-refractivity contribution in [2.45, 2.75) is 0 Å². The van der Waals surface area contributed by atoms with Crippen molar-refractivity contribution >= 4 is 11.7 Å². The number of aromatic nitrogens is 1. The molecule has 4 nitrogen and oxygen atoms in total. The Hall–Kier alpha value is -1.84. The van der Waals surface area contributed by atoms with Gasteiger partial charge in [0.1, 0.15) is 5.82 Å². The lowest BCUT2D eigenvalue weighted by molar-refractivity contribution is -0.116. The number of hydrogen-bond acceptors (Lipinski definition) is 3. The molecule has 0 unspecified atom stereocenters. The molecule has 1 aromatic rings. The molecule has 2 rings (SSSR count). The zero-order valence-electron chi connectivity index (χ0n) is 6.84. The molecule has 1 N–H and O–H groups in total. The zero-order valence-corrected chi connectivity index (χ0v) is 6.84. The third-order valence-corrected chi connectivity index (χ3v) is 1.86. The number of rotatable bonds is 1. The van der Waals surface area contributed by atoms with Crippen molar-refractivity contribution in [2.24, 2.45) is 0 Å². The number of anilines is 1. The topological polar surface area (TPSA) is 53.4 Å². The molecule has 0 atom stereocenters. The maximum atomic E-state index is 11.3. The summed E-state index contributed by atoms with van der Waals surface area (Å²) < 4.78 is 0. The summed E-state index contributed by atoms with van der Waals surface area (Å²) in [6, 6.07) is 5.30. The maximum Gasteiger partial charge on any atom is 0.294 e. The van der Waals surface area contributed by atoms with E-state index in [-0.39, 0.29) is 5.76 Å². The molecule has 0 spiro atoms. The van der Waals surface area contributed by atoms with Crippen LogP contribution in [0.2, 0.25) is 0 Å². The van der Waals surface area contributed by atoms with Gasteiger partial charge in [0.25, 0.3) is 5.91 Å². The van der Waals surface area contributed by atoms with Gasteiger partial charge in [-0.1, -0.05) is 6.07 Å². The van der Waals surface area contributed by atoms with E-state index < -0.39 is 5.91 Å². The highest BCUT2D eigenvalue weighted by Gasteiger charge is 2.24. The highest BCUT2D eigenvalue weighted by molar-refractivity contribution is 6.05. The van der Waals surface area contributed by atoms with Crippen LogP contribution >= 0.6 is 0 Å². The maximum absolute atomic E-state index is 11.3. The lowest BCUT2D eigenvalue weighted by atomic mass is 10.4. The largest absolute Gasteiger partial charge is 0.503 e. The third-order valence-electron chi connectivity index (χ3n) is 1.86. The standard InChI is InChI=1S/C9H8N2O2/c12-7-4-6-11(9(7)13)8-3-1-2-5-10-8/h1-5,12H,6H2. The molecule has 1 amide bonds. The third kappa shape index (κ3) is 1.26. The summed E-state index contributed by atoms with van der Waals surface area (Å²) >= 11 is 0. The van der Waals surface area contributed by atoms with Gasteiger partial charge < -0.3 is 5.11 Å². The van der Waals surface area contributed by atoms with Crippen molar-refractivity contribution in [3.8, 4) is 0 Å². The highest BCUT2D eigenvalue weighted by Crippen LogP contribution is 2.16. The molecule has 0 bridgehead atoms.